The molecule has 11 heteroatoms. The Labute approximate surface area is 271 Å². The molecule has 2 aromatic carbocycles. The molecule has 0 bridgehead atoms. The van der Waals surface area contributed by atoms with Crippen LogP contribution in [0.25, 0.3) is 0 Å². The Kier molecular flexibility index (Phi) is 12.5. The summed E-state index contributed by atoms with van der Waals surface area (Å²) in [5, 5.41) is 6.14. The van der Waals surface area contributed by atoms with Crippen molar-refractivity contribution in [3.63, 3.8) is 0 Å². The van der Waals surface area contributed by atoms with Gasteiger partial charge in [0, 0.05) is 22.6 Å². The second kappa shape index (κ2) is 14.8. The van der Waals surface area contributed by atoms with E-state index in [2.05, 4.69) is 31.3 Å². The third-order valence-corrected chi connectivity index (χ3v) is 9.58. The third kappa shape index (κ3) is 9.25. The molecule has 2 rings (SSSR count). The molecule has 3 atom stereocenters. The molecule has 3 amide bonds. The molecule has 0 aliphatic rings. The SMILES string of the molecule is CN[C@H](C(=O)N[C@H](C(=O)N(C)/C(=C/C(C)C(=O)NS(=O)(=O)c1ccc(Br)cc1)C(C)C)C(C)(C)C)C(C)(C)c1ccccc1. The summed E-state index contributed by atoms with van der Waals surface area (Å²) in [6.45, 7) is 14.9. The number of hydrogen-bond donors (Lipinski definition) is 3. The average molecular weight is 692 g/mol. The number of rotatable bonds is 12. The van der Waals surface area contributed by atoms with Crippen LogP contribution in [-0.4, -0.2) is 57.2 Å². The number of carbonyl (C=O) groups excluding carboxylic acids is 3. The second-order valence-electron chi connectivity index (χ2n) is 13.0. The van der Waals surface area contributed by atoms with E-state index in [0.29, 0.717) is 10.2 Å². The standard InChI is InChI=1S/C33H47BrN4O5S/c1-21(2)26(20-22(3)29(39)37-44(42,43)25-18-16-24(34)17-19-25)38(10)31(41)28(32(4,5)6)36-30(40)27(35-9)33(7,8)23-14-12-11-13-15-23/h11-22,27-28,35H,1-10H3,(H,36,40)(H,37,39)/b26-20+/t22?,27-,28-/m1/s1. The normalized spacial score (nSPS) is 14.9. The number of hydrogen-bond acceptors (Lipinski definition) is 6. The molecule has 0 aliphatic heterocycles. The molecule has 242 valence electrons. The van der Waals surface area contributed by atoms with Crippen LogP contribution in [0.5, 0.6) is 0 Å². The predicted molar refractivity (Wildman–Crippen MR) is 178 cm³/mol. The molecule has 44 heavy (non-hydrogen) atoms. The molecule has 1 unspecified atom stereocenters. The highest BCUT2D eigenvalue weighted by molar-refractivity contribution is 9.10. The molecule has 0 spiro atoms. The number of allylic oxidation sites excluding steroid dienone is 1. The lowest BCUT2D eigenvalue weighted by molar-refractivity contribution is -0.138. The highest BCUT2D eigenvalue weighted by Crippen LogP contribution is 2.29. The maximum absolute atomic E-state index is 14.0. The summed E-state index contributed by atoms with van der Waals surface area (Å²) >= 11 is 3.27. The highest BCUT2D eigenvalue weighted by atomic mass is 79.9. The molecular formula is C33H47BrN4O5S. The predicted octanol–water partition coefficient (Wildman–Crippen LogP) is 4.99. The number of likely N-dealkylation sites (N-methyl/N-ethyl adjacent to an activating group) is 2. The first-order chi connectivity index (χ1) is 20.2. The molecule has 3 N–H and O–H groups in total. The third-order valence-electron chi connectivity index (χ3n) is 7.69. The summed E-state index contributed by atoms with van der Waals surface area (Å²) in [5.41, 5.74) is 0.265. The summed E-state index contributed by atoms with van der Waals surface area (Å²) < 4.78 is 28.4. The lowest BCUT2D eigenvalue weighted by atomic mass is 9.76. The molecule has 0 saturated carbocycles. The lowest BCUT2D eigenvalue weighted by Crippen LogP contribution is -2.60. The van der Waals surface area contributed by atoms with Crippen LogP contribution in [0.1, 0.15) is 61.0 Å². The Hall–Kier alpha value is -3.02. The van der Waals surface area contributed by atoms with E-state index >= 15 is 0 Å². The van der Waals surface area contributed by atoms with Gasteiger partial charge in [0.1, 0.15) is 6.04 Å². The van der Waals surface area contributed by atoms with Crippen molar-refractivity contribution in [2.24, 2.45) is 17.3 Å². The Morgan fingerprint density at radius 2 is 1.41 bits per heavy atom. The quantitative estimate of drug-likeness (QED) is 0.289. The molecule has 0 saturated heterocycles. The van der Waals surface area contributed by atoms with Crippen molar-refractivity contribution in [3.05, 3.63) is 76.4 Å². The van der Waals surface area contributed by atoms with Gasteiger partial charge in [-0.1, -0.05) is 101 Å². The Balaban J connectivity index is 2.33. The minimum absolute atomic E-state index is 0.0410. The van der Waals surface area contributed by atoms with Gasteiger partial charge in [0.25, 0.3) is 10.0 Å². The average Bonchev–Trinajstić information content (AvgIpc) is 2.93. The van der Waals surface area contributed by atoms with Gasteiger partial charge in [0.15, 0.2) is 0 Å². The van der Waals surface area contributed by atoms with Gasteiger partial charge in [0.2, 0.25) is 17.7 Å². The van der Waals surface area contributed by atoms with Crippen molar-refractivity contribution in [3.8, 4) is 0 Å². The van der Waals surface area contributed by atoms with E-state index in [1.54, 1.807) is 39.2 Å². The maximum Gasteiger partial charge on any atom is 0.264 e. The number of nitrogens with one attached hydrogen (secondary N) is 3. The molecule has 2 aromatic rings. The monoisotopic (exact) mass is 690 g/mol. The van der Waals surface area contributed by atoms with Gasteiger partial charge in [0.05, 0.1) is 16.9 Å². The number of carbonyl (C=O) groups is 3. The van der Waals surface area contributed by atoms with Gasteiger partial charge in [-0.2, -0.15) is 0 Å². The van der Waals surface area contributed by atoms with Crippen LogP contribution in [0.3, 0.4) is 0 Å². The van der Waals surface area contributed by atoms with E-state index in [9.17, 15) is 22.8 Å². The van der Waals surface area contributed by atoms with Gasteiger partial charge in [-0.3, -0.25) is 14.4 Å². The number of benzene rings is 2. The summed E-state index contributed by atoms with van der Waals surface area (Å²) in [7, 11) is -0.764. The van der Waals surface area contributed by atoms with Gasteiger partial charge >= 0.3 is 0 Å². The first-order valence-electron chi connectivity index (χ1n) is 14.6. The fraction of sp³-hybridized carbons (Fsp3) is 0.485. The van der Waals surface area contributed by atoms with Gasteiger partial charge < -0.3 is 15.5 Å². The first kappa shape index (κ1) is 37.2. The van der Waals surface area contributed by atoms with Crippen molar-refractivity contribution in [2.45, 2.75) is 77.8 Å². The highest BCUT2D eigenvalue weighted by Gasteiger charge is 2.41. The first-order valence-corrected chi connectivity index (χ1v) is 16.9. The van der Waals surface area contributed by atoms with Crippen LogP contribution in [0.4, 0.5) is 0 Å². The zero-order chi connectivity index (χ0) is 33.6. The smallest absolute Gasteiger partial charge is 0.264 e. The number of halogens is 1. The summed E-state index contributed by atoms with van der Waals surface area (Å²) in [6.07, 6.45) is 1.59. The second-order valence-corrected chi connectivity index (χ2v) is 15.6. The Morgan fingerprint density at radius 1 is 0.864 bits per heavy atom. The number of amides is 3. The van der Waals surface area contributed by atoms with Gasteiger partial charge in [-0.05, 0) is 55.1 Å². The Morgan fingerprint density at radius 3 is 1.89 bits per heavy atom. The van der Waals surface area contributed by atoms with Crippen molar-refractivity contribution < 1.29 is 22.8 Å². The van der Waals surface area contributed by atoms with Crippen LogP contribution in [0.15, 0.2) is 75.7 Å². The molecule has 0 aliphatic carbocycles. The summed E-state index contributed by atoms with van der Waals surface area (Å²) in [6, 6.07) is 14.1. The van der Waals surface area contributed by atoms with E-state index in [1.807, 2.05) is 78.8 Å². The van der Waals surface area contributed by atoms with E-state index in [0.717, 1.165) is 5.56 Å². The van der Waals surface area contributed by atoms with Crippen LogP contribution in [0.2, 0.25) is 0 Å². The maximum atomic E-state index is 14.0. The zero-order valence-corrected chi connectivity index (χ0v) is 29.8. The molecule has 0 aromatic heterocycles. The van der Waals surface area contributed by atoms with Crippen LogP contribution in [0, 0.1) is 17.3 Å². The van der Waals surface area contributed by atoms with Crippen LogP contribution < -0.4 is 15.4 Å². The minimum atomic E-state index is -4.09. The van der Waals surface area contributed by atoms with Gasteiger partial charge in [-0.15, -0.1) is 0 Å². The fourth-order valence-corrected chi connectivity index (χ4v) is 6.30. The molecule has 0 fully saturated rings. The zero-order valence-electron chi connectivity index (χ0n) is 27.4. The fourth-order valence-electron chi connectivity index (χ4n) is 4.97. The topological polar surface area (TPSA) is 125 Å². The summed E-state index contributed by atoms with van der Waals surface area (Å²) in [5.74, 6) is -2.47. The lowest BCUT2D eigenvalue weighted by Gasteiger charge is -2.39. The Bertz CT molecular complexity index is 1450. The van der Waals surface area contributed by atoms with E-state index in [1.165, 1.54) is 17.0 Å². The minimum Gasteiger partial charge on any atom is -0.342 e. The molecule has 0 radical (unpaired) electrons. The van der Waals surface area contributed by atoms with Crippen molar-refractivity contribution in [1.82, 2.24) is 20.3 Å². The number of sulfonamides is 1. The van der Waals surface area contributed by atoms with Crippen molar-refractivity contribution >= 4 is 43.7 Å². The molecule has 0 heterocycles. The van der Waals surface area contributed by atoms with E-state index in [-0.39, 0.29) is 22.6 Å². The largest absolute Gasteiger partial charge is 0.342 e. The van der Waals surface area contributed by atoms with Gasteiger partial charge in [-0.25, -0.2) is 13.1 Å². The molecular weight excluding hydrogens is 644 g/mol. The van der Waals surface area contributed by atoms with E-state index in [4.69, 9.17) is 0 Å². The van der Waals surface area contributed by atoms with E-state index < -0.39 is 44.8 Å². The summed E-state index contributed by atoms with van der Waals surface area (Å²) in [4.78, 5) is 42.2. The van der Waals surface area contributed by atoms with Crippen LogP contribution >= 0.6 is 15.9 Å². The molecule has 9 nitrogen and oxygen atoms in total. The van der Waals surface area contributed by atoms with Crippen molar-refractivity contribution in [2.75, 3.05) is 14.1 Å². The number of nitrogens with zero attached hydrogens (tertiary/aromatic N) is 1. The van der Waals surface area contributed by atoms with Crippen molar-refractivity contribution in [1.29, 1.82) is 0 Å². The van der Waals surface area contributed by atoms with Crippen LogP contribution in [-0.2, 0) is 29.8 Å².